The summed E-state index contributed by atoms with van der Waals surface area (Å²) in [7, 11) is 0. The largest absolute Gasteiger partial charge is 0.478 e. The number of aromatic carboxylic acids is 1. The summed E-state index contributed by atoms with van der Waals surface area (Å²) in [6.07, 6.45) is 0. The molecule has 1 aromatic carbocycles. The maximum Gasteiger partial charge on any atom is 0.338 e. The third kappa shape index (κ3) is 5.06. The SMILES string of the molecule is NC(N)=O.O=C(O)c1c(Cl)cc(Cl)cc1Cl. The highest BCUT2D eigenvalue weighted by Crippen LogP contribution is 2.28. The number of urea groups is 1. The normalized spacial score (nSPS) is 8.94. The van der Waals surface area contributed by atoms with Crippen molar-refractivity contribution in [3.8, 4) is 0 Å². The van der Waals surface area contributed by atoms with Crippen molar-refractivity contribution in [1.29, 1.82) is 0 Å². The highest BCUT2D eigenvalue weighted by molar-refractivity contribution is 6.41. The lowest BCUT2D eigenvalue weighted by atomic mass is 10.2. The second-order valence-electron chi connectivity index (χ2n) is 2.45. The highest BCUT2D eigenvalue weighted by Gasteiger charge is 2.13. The van der Waals surface area contributed by atoms with Gasteiger partial charge in [0.2, 0.25) is 0 Å². The molecule has 88 valence electrons. The van der Waals surface area contributed by atoms with E-state index in [-0.39, 0.29) is 15.6 Å². The minimum absolute atomic E-state index is 0.0417. The lowest BCUT2D eigenvalue weighted by Crippen LogP contribution is -2.18. The van der Waals surface area contributed by atoms with Gasteiger partial charge in [0, 0.05) is 5.02 Å². The summed E-state index contributed by atoms with van der Waals surface area (Å²) < 4.78 is 0. The van der Waals surface area contributed by atoms with Crippen LogP contribution in [0.3, 0.4) is 0 Å². The fraction of sp³-hybridized carbons (Fsp3) is 0. The minimum atomic E-state index is -1.17. The number of carboxylic acids is 1. The summed E-state index contributed by atoms with van der Waals surface area (Å²) in [4.78, 5) is 19.5. The summed E-state index contributed by atoms with van der Waals surface area (Å²) in [5, 5.41) is 9.02. The van der Waals surface area contributed by atoms with Gasteiger partial charge in [-0.1, -0.05) is 34.8 Å². The van der Waals surface area contributed by atoms with E-state index in [0.717, 1.165) is 0 Å². The number of carbonyl (C=O) groups excluding carboxylic acids is 1. The molecule has 0 aliphatic rings. The van der Waals surface area contributed by atoms with Crippen LogP contribution in [0.1, 0.15) is 10.4 Å². The van der Waals surface area contributed by atoms with Gasteiger partial charge in [-0.25, -0.2) is 9.59 Å². The maximum atomic E-state index is 10.5. The van der Waals surface area contributed by atoms with Crippen molar-refractivity contribution in [2.75, 3.05) is 0 Å². The van der Waals surface area contributed by atoms with E-state index in [1.54, 1.807) is 0 Å². The fourth-order valence-corrected chi connectivity index (χ4v) is 1.73. The average molecular weight is 286 g/mol. The molecule has 5 nitrogen and oxygen atoms in total. The molecule has 16 heavy (non-hydrogen) atoms. The number of amides is 2. The molecule has 0 saturated carbocycles. The molecule has 0 aromatic heterocycles. The molecule has 0 saturated heterocycles. The smallest absolute Gasteiger partial charge is 0.338 e. The topological polar surface area (TPSA) is 106 Å². The number of carboxylic acid groups (broad SMARTS) is 1. The van der Waals surface area contributed by atoms with Gasteiger partial charge < -0.3 is 16.6 Å². The minimum Gasteiger partial charge on any atom is -0.478 e. The summed E-state index contributed by atoms with van der Waals surface area (Å²) in [5.41, 5.74) is 8.38. The summed E-state index contributed by atoms with van der Waals surface area (Å²) >= 11 is 16.7. The average Bonchev–Trinajstić information content (AvgIpc) is 1.98. The van der Waals surface area contributed by atoms with E-state index < -0.39 is 12.0 Å². The van der Waals surface area contributed by atoms with Gasteiger partial charge in [0.25, 0.3) is 0 Å². The summed E-state index contributed by atoms with van der Waals surface area (Å²) in [6.45, 7) is 0. The van der Waals surface area contributed by atoms with Gasteiger partial charge in [-0.15, -0.1) is 0 Å². The maximum absolute atomic E-state index is 10.5. The van der Waals surface area contributed by atoms with E-state index in [9.17, 15) is 4.79 Å². The van der Waals surface area contributed by atoms with Crippen LogP contribution in [0, 0.1) is 0 Å². The molecule has 0 aliphatic heterocycles. The molecule has 0 fully saturated rings. The monoisotopic (exact) mass is 284 g/mol. The Morgan fingerprint density at radius 1 is 1.06 bits per heavy atom. The Hall–Kier alpha value is -1.17. The Morgan fingerprint density at radius 2 is 1.38 bits per heavy atom. The van der Waals surface area contributed by atoms with E-state index in [1.807, 2.05) is 0 Å². The number of rotatable bonds is 1. The van der Waals surface area contributed by atoms with Crippen molar-refractivity contribution in [2.45, 2.75) is 0 Å². The van der Waals surface area contributed by atoms with Crippen LogP contribution in [0.2, 0.25) is 15.1 Å². The lowest BCUT2D eigenvalue weighted by molar-refractivity contribution is 0.0697. The molecule has 0 radical (unpaired) electrons. The van der Waals surface area contributed by atoms with Crippen molar-refractivity contribution >= 4 is 46.8 Å². The van der Waals surface area contributed by atoms with Gasteiger partial charge >= 0.3 is 12.0 Å². The Labute approximate surface area is 106 Å². The van der Waals surface area contributed by atoms with Crippen molar-refractivity contribution in [1.82, 2.24) is 0 Å². The van der Waals surface area contributed by atoms with E-state index >= 15 is 0 Å². The molecule has 2 amide bonds. The molecule has 0 bridgehead atoms. The first-order valence-corrected chi connectivity index (χ1v) is 4.81. The Balaban J connectivity index is 0.000000487. The van der Waals surface area contributed by atoms with E-state index in [1.165, 1.54) is 12.1 Å². The quantitative estimate of drug-likeness (QED) is 0.737. The number of hydrogen-bond donors (Lipinski definition) is 3. The lowest BCUT2D eigenvalue weighted by Gasteiger charge is -2.01. The zero-order valence-corrected chi connectivity index (χ0v) is 9.97. The Bertz CT molecular complexity index is 396. The summed E-state index contributed by atoms with van der Waals surface area (Å²) in [5.74, 6) is -1.17. The number of benzene rings is 1. The second-order valence-corrected chi connectivity index (χ2v) is 3.70. The predicted molar refractivity (Wildman–Crippen MR) is 62.2 cm³/mol. The molecule has 1 aromatic rings. The highest BCUT2D eigenvalue weighted by atomic mass is 35.5. The molecule has 0 unspecified atom stereocenters. The first-order chi connectivity index (χ1) is 7.25. The van der Waals surface area contributed by atoms with Gasteiger partial charge in [0.05, 0.1) is 15.6 Å². The van der Waals surface area contributed by atoms with E-state index in [2.05, 4.69) is 11.5 Å². The van der Waals surface area contributed by atoms with Crippen molar-refractivity contribution in [3.05, 3.63) is 32.8 Å². The molecule has 0 spiro atoms. The number of hydrogen-bond acceptors (Lipinski definition) is 2. The number of carbonyl (C=O) groups is 2. The Kier molecular flexibility index (Phi) is 5.95. The molecule has 0 aliphatic carbocycles. The van der Waals surface area contributed by atoms with Gasteiger partial charge in [-0.05, 0) is 12.1 Å². The summed E-state index contributed by atoms with van der Waals surface area (Å²) in [6, 6.07) is 1.83. The van der Waals surface area contributed by atoms with Gasteiger partial charge in [0.15, 0.2) is 0 Å². The predicted octanol–water partition coefficient (Wildman–Crippen LogP) is 2.37. The number of primary amides is 2. The van der Waals surface area contributed by atoms with Crippen LogP contribution < -0.4 is 11.5 Å². The number of halogens is 3. The van der Waals surface area contributed by atoms with Crippen LogP contribution >= 0.6 is 34.8 Å². The van der Waals surface area contributed by atoms with Crippen LogP contribution in [-0.2, 0) is 0 Å². The molecular weight excluding hydrogens is 278 g/mol. The molecule has 1 rings (SSSR count). The zero-order valence-electron chi connectivity index (χ0n) is 7.71. The molecule has 0 atom stereocenters. The van der Waals surface area contributed by atoms with Gasteiger partial charge in [0.1, 0.15) is 0 Å². The molecule has 0 heterocycles. The van der Waals surface area contributed by atoms with Crippen LogP contribution in [0.5, 0.6) is 0 Å². The Morgan fingerprint density at radius 3 is 1.62 bits per heavy atom. The number of nitrogens with two attached hydrogens (primary N) is 2. The second kappa shape index (κ2) is 6.42. The first kappa shape index (κ1) is 14.8. The molecular formula is C8H7Cl3N2O3. The van der Waals surface area contributed by atoms with Crippen molar-refractivity contribution in [3.63, 3.8) is 0 Å². The van der Waals surface area contributed by atoms with Crippen LogP contribution in [-0.4, -0.2) is 17.1 Å². The van der Waals surface area contributed by atoms with Crippen LogP contribution in [0.4, 0.5) is 4.79 Å². The van der Waals surface area contributed by atoms with Crippen LogP contribution in [0.15, 0.2) is 12.1 Å². The van der Waals surface area contributed by atoms with Gasteiger partial charge in [-0.2, -0.15) is 0 Å². The fourth-order valence-electron chi connectivity index (χ4n) is 0.747. The van der Waals surface area contributed by atoms with Crippen molar-refractivity contribution < 1.29 is 14.7 Å². The zero-order chi connectivity index (χ0) is 12.9. The standard InChI is InChI=1S/C7H3Cl3O2.CH4N2O/c8-3-1-4(9)6(7(11)12)5(10)2-3;2-1(3)4/h1-2H,(H,11,12);(H4,2,3,4). The van der Waals surface area contributed by atoms with Crippen molar-refractivity contribution in [2.24, 2.45) is 11.5 Å². The van der Waals surface area contributed by atoms with E-state index in [0.29, 0.717) is 5.02 Å². The van der Waals surface area contributed by atoms with E-state index in [4.69, 9.17) is 44.7 Å². The third-order valence-electron chi connectivity index (χ3n) is 1.22. The molecule has 5 N–H and O–H groups in total. The first-order valence-electron chi connectivity index (χ1n) is 3.68. The van der Waals surface area contributed by atoms with Crippen LogP contribution in [0.25, 0.3) is 0 Å². The third-order valence-corrected chi connectivity index (χ3v) is 2.04. The molecule has 8 heteroatoms. The van der Waals surface area contributed by atoms with Gasteiger partial charge in [-0.3, -0.25) is 0 Å².